The molecule has 2 aromatic rings. The predicted octanol–water partition coefficient (Wildman–Crippen LogP) is 2.63. The Balaban J connectivity index is 1.77. The van der Waals surface area contributed by atoms with Gasteiger partial charge in [-0.05, 0) is 43.5 Å². The predicted molar refractivity (Wildman–Crippen MR) is 75.4 cm³/mol. The van der Waals surface area contributed by atoms with Crippen molar-refractivity contribution in [3.05, 3.63) is 36.8 Å². The molecule has 1 aliphatic heterocycles. The van der Waals surface area contributed by atoms with Gasteiger partial charge in [-0.1, -0.05) is 6.92 Å². The molecule has 1 aliphatic rings. The minimum atomic E-state index is 0.797. The van der Waals surface area contributed by atoms with Gasteiger partial charge in [-0.2, -0.15) is 5.10 Å². The van der Waals surface area contributed by atoms with Gasteiger partial charge in [-0.15, -0.1) is 0 Å². The SMILES string of the molecule is C[C@@H]1CCCN(Cn2nccc2-c2cccnc2)C1. The Bertz CT molecular complexity index is 520. The summed E-state index contributed by atoms with van der Waals surface area (Å²) in [5.74, 6) is 0.797. The van der Waals surface area contributed by atoms with Crippen molar-refractivity contribution in [1.29, 1.82) is 0 Å². The molecule has 2 aromatic heterocycles. The molecule has 0 N–H and O–H groups in total. The van der Waals surface area contributed by atoms with Gasteiger partial charge in [-0.25, -0.2) is 0 Å². The van der Waals surface area contributed by atoms with E-state index >= 15 is 0 Å². The molecule has 1 atom stereocenters. The van der Waals surface area contributed by atoms with Gasteiger partial charge in [0.25, 0.3) is 0 Å². The second kappa shape index (κ2) is 5.53. The molecule has 0 aliphatic carbocycles. The molecule has 0 unspecified atom stereocenters. The van der Waals surface area contributed by atoms with E-state index in [9.17, 15) is 0 Å². The zero-order valence-electron chi connectivity index (χ0n) is 11.4. The van der Waals surface area contributed by atoms with Crippen molar-refractivity contribution in [2.75, 3.05) is 13.1 Å². The summed E-state index contributed by atoms with van der Waals surface area (Å²) in [6.07, 6.45) is 8.22. The molecule has 4 heteroatoms. The van der Waals surface area contributed by atoms with Gasteiger partial charge in [0.1, 0.15) is 0 Å². The molecule has 3 heterocycles. The molecule has 4 nitrogen and oxygen atoms in total. The molecule has 100 valence electrons. The lowest BCUT2D eigenvalue weighted by Crippen LogP contribution is -2.36. The Kier molecular flexibility index (Phi) is 3.60. The smallest absolute Gasteiger partial charge is 0.0936 e. The summed E-state index contributed by atoms with van der Waals surface area (Å²) in [6.45, 7) is 5.56. The Morgan fingerprint density at radius 1 is 1.32 bits per heavy atom. The first-order chi connectivity index (χ1) is 9.33. The van der Waals surface area contributed by atoms with E-state index in [0.29, 0.717) is 0 Å². The van der Waals surface area contributed by atoms with Crippen LogP contribution in [0.25, 0.3) is 11.3 Å². The minimum absolute atomic E-state index is 0.797. The number of piperidine rings is 1. The minimum Gasteiger partial charge on any atom is -0.284 e. The lowest BCUT2D eigenvalue weighted by Gasteiger charge is -2.31. The second-order valence-electron chi connectivity index (χ2n) is 5.42. The fraction of sp³-hybridized carbons (Fsp3) is 0.467. The molecular weight excluding hydrogens is 236 g/mol. The maximum atomic E-state index is 4.46. The summed E-state index contributed by atoms with van der Waals surface area (Å²) < 4.78 is 2.08. The number of likely N-dealkylation sites (tertiary alicyclic amines) is 1. The average Bonchev–Trinajstić information content (AvgIpc) is 2.88. The van der Waals surface area contributed by atoms with Crippen LogP contribution in [0, 0.1) is 5.92 Å². The van der Waals surface area contributed by atoms with Gasteiger partial charge in [0.05, 0.1) is 12.4 Å². The number of pyridine rings is 1. The number of hydrogen-bond acceptors (Lipinski definition) is 3. The van der Waals surface area contributed by atoms with Crippen molar-refractivity contribution >= 4 is 0 Å². The molecule has 0 bridgehead atoms. The Hall–Kier alpha value is -1.68. The summed E-state index contributed by atoms with van der Waals surface area (Å²) in [5.41, 5.74) is 2.27. The molecule has 1 fully saturated rings. The van der Waals surface area contributed by atoms with Crippen molar-refractivity contribution in [1.82, 2.24) is 19.7 Å². The van der Waals surface area contributed by atoms with Crippen LogP contribution in [0.2, 0.25) is 0 Å². The fourth-order valence-corrected chi connectivity index (χ4v) is 2.81. The van der Waals surface area contributed by atoms with Crippen molar-refractivity contribution in [3.63, 3.8) is 0 Å². The highest BCUT2D eigenvalue weighted by molar-refractivity contribution is 5.57. The number of nitrogens with zero attached hydrogens (tertiary/aromatic N) is 4. The first kappa shape index (κ1) is 12.4. The highest BCUT2D eigenvalue weighted by Gasteiger charge is 2.17. The molecule has 0 amide bonds. The summed E-state index contributed by atoms with van der Waals surface area (Å²) in [7, 11) is 0. The van der Waals surface area contributed by atoms with Crippen LogP contribution in [0.1, 0.15) is 19.8 Å². The number of rotatable bonds is 3. The molecule has 19 heavy (non-hydrogen) atoms. The highest BCUT2D eigenvalue weighted by atomic mass is 15.4. The highest BCUT2D eigenvalue weighted by Crippen LogP contribution is 2.20. The molecule has 0 aromatic carbocycles. The van der Waals surface area contributed by atoms with Crippen LogP contribution in [0.15, 0.2) is 36.8 Å². The van der Waals surface area contributed by atoms with Gasteiger partial charge in [0.15, 0.2) is 0 Å². The normalized spacial score (nSPS) is 20.6. The van der Waals surface area contributed by atoms with E-state index in [1.54, 1.807) is 6.20 Å². The number of hydrogen-bond donors (Lipinski definition) is 0. The first-order valence-corrected chi connectivity index (χ1v) is 6.97. The van der Waals surface area contributed by atoms with Crippen molar-refractivity contribution < 1.29 is 0 Å². The van der Waals surface area contributed by atoms with Crippen LogP contribution >= 0.6 is 0 Å². The molecule has 3 rings (SSSR count). The quantitative estimate of drug-likeness (QED) is 0.846. The van der Waals surface area contributed by atoms with Crippen LogP contribution < -0.4 is 0 Å². The van der Waals surface area contributed by atoms with Crippen LogP contribution in [0.5, 0.6) is 0 Å². The van der Waals surface area contributed by atoms with E-state index in [2.05, 4.69) is 38.7 Å². The van der Waals surface area contributed by atoms with Crippen LogP contribution in [0.4, 0.5) is 0 Å². The van der Waals surface area contributed by atoms with Crippen LogP contribution in [0.3, 0.4) is 0 Å². The number of aromatic nitrogens is 3. The monoisotopic (exact) mass is 256 g/mol. The van der Waals surface area contributed by atoms with Crippen molar-refractivity contribution in [3.8, 4) is 11.3 Å². The fourth-order valence-electron chi connectivity index (χ4n) is 2.81. The van der Waals surface area contributed by atoms with Gasteiger partial charge in [-0.3, -0.25) is 14.6 Å². The van der Waals surface area contributed by atoms with Crippen molar-refractivity contribution in [2.45, 2.75) is 26.4 Å². The van der Waals surface area contributed by atoms with Crippen LogP contribution in [-0.4, -0.2) is 32.8 Å². The van der Waals surface area contributed by atoms with Gasteiger partial charge in [0, 0.05) is 30.7 Å². The molecule has 0 saturated carbocycles. The van der Waals surface area contributed by atoms with Gasteiger partial charge in [0.2, 0.25) is 0 Å². The third-order valence-corrected chi connectivity index (χ3v) is 3.75. The topological polar surface area (TPSA) is 34.0 Å². The Morgan fingerprint density at radius 2 is 2.26 bits per heavy atom. The van der Waals surface area contributed by atoms with E-state index in [-0.39, 0.29) is 0 Å². The van der Waals surface area contributed by atoms with Crippen molar-refractivity contribution in [2.24, 2.45) is 5.92 Å². The van der Waals surface area contributed by atoms with Crippen LogP contribution in [-0.2, 0) is 6.67 Å². The third kappa shape index (κ3) is 2.84. The second-order valence-corrected chi connectivity index (χ2v) is 5.42. The largest absolute Gasteiger partial charge is 0.284 e. The summed E-state index contributed by atoms with van der Waals surface area (Å²) in [6, 6.07) is 6.11. The third-order valence-electron chi connectivity index (χ3n) is 3.75. The Labute approximate surface area is 114 Å². The van der Waals surface area contributed by atoms with Gasteiger partial charge >= 0.3 is 0 Å². The summed E-state index contributed by atoms with van der Waals surface area (Å²) in [4.78, 5) is 6.67. The van der Waals surface area contributed by atoms with E-state index < -0.39 is 0 Å². The summed E-state index contributed by atoms with van der Waals surface area (Å²) >= 11 is 0. The van der Waals surface area contributed by atoms with E-state index in [1.807, 2.05) is 18.5 Å². The zero-order valence-corrected chi connectivity index (χ0v) is 11.4. The first-order valence-electron chi connectivity index (χ1n) is 6.97. The summed E-state index contributed by atoms with van der Waals surface area (Å²) in [5, 5.41) is 4.46. The lowest BCUT2D eigenvalue weighted by molar-refractivity contribution is 0.140. The van der Waals surface area contributed by atoms with E-state index in [1.165, 1.54) is 25.9 Å². The zero-order chi connectivity index (χ0) is 13.1. The lowest BCUT2D eigenvalue weighted by atomic mass is 10.0. The average molecular weight is 256 g/mol. The van der Waals surface area contributed by atoms with E-state index in [0.717, 1.165) is 23.8 Å². The molecular formula is C15H20N4. The maximum absolute atomic E-state index is 4.46. The maximum Gasteiger partial charge on any atom is 0.0936 e. The molecule has 1 saturated heterocycles. The molecule has 0 radical (unpaired) electrons. The molecule has 0 spiro atoms. The van der Waals surface area contributed by atoms with E-state index in [4.69, 9.17) is 0 Å². The Morgan fingerprint density at radius 3 is 3.05 bits per heavy atom. The standard InChI is InChI=1S/C15H20N4/c1-13-4-3-9-18(11-13)12-19-15(6-8-17-19)14-5-2-7-16-10-14/h2,5-8,10,13H,3-4,9,11-12H2,1H3/t13-/m1/s1. The van der Waals surface area contributed by atoms with Gasteiger partial charge < -0.3 is 0 Å².